The van der Waals surface area contributed by atoms with Gasteiger partial charge in [0, 0.05) is 25.0 Å². The number of hydrogen-bond donors (Lipinski definition) is 1. The van der Waals surface area contributed by atoms with Crippen LogP contribution >= 0.6 is 0 Å². The Hall–Kier alpha value is -2.21. The fraction of sp³-hybridized carbons (Fsp3) is 0.333. The van der Waals surface area contributed by atoms with Crippen molar-refractivity contribution < 1.29 is 13.9 Å². The van der Waals surface area contributed by atoms with Gasteiger partial charge >= 0.3 is 0 Å². The quantitative estimate of drug-likeness (QED) is 0.935. The summed E-state index contributed by atoms with van der Waals surface area (Å²) in [5, 5.41) is 2.82. The number of hydrogen-bond acceptors (Lipinski definition) is 3. The fourth-order valence-corrected chi connectivity index (χ4v) is 2.30. The molecule has 3 rings (SSSR count). The van der Waals surface area contributed by atoms with E-state index in [0.717, 1.165) is 25.1 Å². The molecule has 1 fully saturated rings. The van der Waals surface area contributed by atoms with Crippen molar-refractivity contribution in [3.05, 3.63) is 48.3 Å². The minimum atomic E-state index is -0.298. The highest BCUT2D eigenvalue weighted by molar-refractivity contribution is 5.92. The molecular weight excluding hydrogens is 273 g/mol. The molecule has 0 spiro atoms. The van der Waals surface area contributed by atoms with Crippen LogP contribution in [0.25, 0.3) is 5.69 Å². The van der Waals surface area contributed by atoms with E-state index in [0.29, 0.717) is 12.2 Å². The van der Waals surface area contributed by atoms with Crippen LogP contribution in [-0.2, 0) is 4.74 Å². The molecule has 6 heteroatoms. The number of nitrogens with one attached hydrogen (secondary N) is 1. The molecule has 1 aromatic carbocycles. The minimum absolute atomic E-state index is 0.105. The Bertz CT molecular complexity index is 618. The van der Waals surface area contributed by atoms with Crippen molar-refractivity contribution in [1.29, 1.82) is 0 Å². The van der Waals surface area contributed by atoms with E-state index < -0.39 is 0 Å². The summed E-state index contributed by atoms with van der Waals surface area (Å²) in [7, 11) is 0. The van der Waals surface area contributed by atoms with E-state index in [1.165, 1.54) is 18.5 Å². The maximum atomic E-state index is 12.9. The lowest BCUT2D eigenvalue weighted by Gasteiger charge is -2.09. The van der Waals surface area contributed by atoms with Gasteiger partial charge in [-0.05, 0) is 37.1 Å². The number of ether oxygens (including phenoxy) is 1. The molecule has 0 bridgehead atoms. The van der Waals surface area contributed by atoms with Gasteiger partial charge in [0.15, 0.2) is 0 Å². The van der Waals surface area contributed by atoms with Crippen LogP contribution in [-0.4, -0.2) is 34.7 Å². The molecule has 0 radical (unpaired) electrons. The zero-order valence-corrected chi connectivity index (χ0v) is 11.5. The average Bonchev–Trinajstić information content (AvgIpc) is 3.17. The fourth-order valence-electron chi connectivity index (χ4n) is 2.30. The molecule has 1 aromatic heterocycles. The van der Waals surface area contributed by atoms with Crippen molar-refractivity contribution in [2.45, 2.75) is 18.9 Å². The molecule has 2 heterocycles. The highest BCUT2D eigenvalue weighted by atomic mass is 19.1. The Morgan fingerprint density at radius 2 is 2.24 bits per heavy atom. The Balaban J connectivity index is 1.63. The van der Waals surface area contributed by atoms with Crippen molar-refractivity contribution in [2.24, 2.45) is 0 Å². The van der Waals surface area contributed by atoms with Gasteiger partial charge in [-0.2, -0.15) is 0 Å². The second-order valence-corrected chi connectivity index (χ2v) is 4.99. The van der Waals surface area contributed by atoms with E-state index in [-0.39, 0.29) is 17.8 Å². The Kier molecular flexibility index (Phi) is 3.96. The molecule has 5 nitrogen and oxygen atoms in total. The second kappa shape index (κ2) is 6.05. The summed E-state index contributed by atoms with van der Waals surface area (Å²) in [4.78, 5) is 16.1. The smallest absolute Gasteiger partial charge is 0.271 e. The summed E-state index contributed by atoms with van der Waals surface area (Å²) in [6.07, 6.45) is 5.28. The molecule has 2 aromatic rings. The average molecular weight is 289 g/mol. The first-order valence-corrected chi connectivity index (χ1v) is 6.92. The maximum absolute atomic E-state index is 12.9. The minimum Gasteiger partial charge on any atom is -0.376 e. The van der Waals surface area contributed by atoms with Gasteiger partial charge in [-0.15, -0.1) is 0 Å². The van der Waals surface area contributed by atoms with E-state index in [9.17, 15) is 9.18 Å². The number of benzene rings is 1. The molecule has 0 aliphatic carbocycles. The number of amides is 1. The first-order chi connectivity index (χ1) is 10.2. The first-order valence-electron chi connectivity index (χ1n) is 6.92. The lowest BCUT2D eigenvalue weighted by atomic mass is 10.2. The Labute approximate surface area is 121 Å². The van der Waals surface area contributed by atoms with Crippen molar-refractivity contribution in [1.82, 2.24) is 14.9 Å². The van der Waals surface area contributed by atoms with Gasteiger partial charge in [-0.3, -0.25) is 4.79 Å². The highest BCUT2D eigenvalue weighted by Gasteiger charge is 2.17. The third-order valence-electron chi connectivity index (χ3n) is 3.45. The Morgan fingerprint density at radius 1 is 1.43 bits per heavy atom. The monoisotopic (exact) mass is 289 g/mol. The van der Waals surface area contributed by atoms with Gasteiger partial charge in [0.1, 0.15) is 17.8 Å². The van der Waals surface area contributed by atoms with E-state index in [1.807, 2.05) is 0 Å². The summed E-state index contributed by atoms with van der Waals surface area (Å²) in [6.45, 7) is 1.27. The van der Waals surface area contributed by atoms with Gasteiger partial charge in [0.2, 0.25) is 0 Å². The summed E-state index contributed by atoms with van der Waals surface area (Å²) in [5.41, 5.74) is 1.08. The van der Waals surface area contributed by atoms with Gasteiger partial charge in [0.25, 0.3) is 5.91 Å². The SMILES string of the molecule is O=C(NC[C@H]1CCCO1)c1cn(-c2ccc(F)cc2)cn1. The van der Waals surface area contributed by atoms with E-state index in [2.05, 4.69) is 10.3 Å². The lowest BCUT2D eigenvalue weighted by Crippen LogP contribution is -2.31. The van der Waals surface area contributed by atoms with Crippen molar-refractivity contribution in [3.63, 3.8) is 0 Å². The molecule has 110 valence electrons. The van der Waals surface area contributed by atoms with E-state index >= 15 is 0 Å². The van der Waals surface area contributed by atoms with Crippen LogP contribution in [0.2, 0.25) is 0 Å². The number of nitrogens with zero attached hydrogens (tertiary/aromatic N) is 2. The topological polar surface area (TPSA) is 56.1 Å². The number of carbonyl (C=O) groups is 1. The first kappa shape index (κ1) is 13.8. The summed E-state index contributed by atoms with van der Waals surface area (Å²) >= 11 is 0. The van der Waals surface area contributed by atoms with Crippen LogP contribution in [0.5, 0.6) is 0 Å². The molecule has 1 aliphatic rings. The highest BCUT2D eigenvalue weighted by Crippen LogP contribution is 2.12. The normalized spacial score (nSPS) is 17.9. The predicted molar refractivity (Wildman–Crippen MR) is 74.8 cm³/mol. The van der Waals surface area contributed by atoms with Crippen LogP contribution in [0.4, 0.5) is 4.39 Å². The third-order valence-corrected chi connectivity index (χ3v) is 3.45. The van der Waals surface area contributed by atoms with Crippen LogP contribution in [0.1, 0.15) is 23.3 Å². The second-order valence-electron chi connectivity index (χ2n) is 4.99. The van der Waals surface area contributed by atoms with Crippen LogP contribution < -0.4 is 5.32 Å². The third kappa shape index (κ3) is 3.28. The molecule has 21 heavy (non-hydrogen) atoms. The number of rotatable bonds is 4. The zero-order chi connectivity index (χ0) is 14.7. The summed E-state index contributed by atoms with van der Waals surface area (Å²) in [6, 6.07) is 6.00. The molecule has 1 aliphatic heterocycles. The molecule has 0 saturated carbocycles. The van der Waals surface area contributed by atoms with Gasteiger partial charge in [0.05, 0.1) is 6.10 Å². The van der Waals surface area contributed by atoms with E-state index in [4.69, 9.17) is 4.74 Å². The van der Waals surface area contributed by atoms with Crippen molar-refractivity contribution in [2.75, 3.05) is 13.2 Å². The molecule has 1 saturated heterocycles. The predicted octanol–water partition coefficient (Wildman–Crippen LogP) is 1.92. The largest absolute Gasteiger partial charge is 0.376 e. The summed E-state index contributed by atoms with van der Waals surface area (Å²) < 4.78 is 20.0. The van der Waals surface area contributed by atoms with E-state index in [1.54, 1.807) is 22.9 Å². The maximum Gasteiger partial charge on any atom is 0.271 e. The molecule has 1 atom stereocenters. The number of imidazole rings is 1. The zero-order valence-electron chi connectivity index (χ0n) is 11.5. The van der Waals surface area contributed by atoms with Crippen LogP contribution in [0.15, 0.2) is 36.8 Å². The van der Waals surface area contributed by atoms with Gasteiger partial charge in [-0.1, -0.05) is 0 Å². The van der Waals surface area contributed by atoms with Gasteiger partial charge < -0.3 is 14.6 Å². The molecule has 1 N–H and O–H groups in total. The van der Waals surface area contributed by atoms with Crippen LogP contribution in [0.3, 0.4) is 0 Å². The van der Waals surface area contributed by atoms with Gasteiger partial charge in [-0.25, -0.2) is 9.37 Å². The molecule has 0 unspecified atom stereocenters. The number of carbonyl (C=O) groups excluding carboxylic acids is 1. The van der Waals surface area contributed by atoms with Crippen molar-refractivity contribution >= 4 is 5.91 Å². The van der Waals surface area contributed by atoms with Crippen molar-refractivity contribution in [3.8, 4) is 5.69 Å². The number of aromatic nitrogens is 2. The molecular formula is C15H16FN3O2. The summed E-state index contributed by atoms with van der Waals surface area (Å²) in [5.74, 6) is -0.528. The molecule has 1 amide bonds. The van der Waals surface area contributed by atoms with Crippen LogP contribution in [0, 0.1) is 5.82 Å². The Morgan fingerprint density at radius 3 is 2.95 bits per heavy atom. The number of halogens is 1. The lowest BCUT2D eigenvalue weighted by molar-refractivity contribution is 0.0854. The standard InChI is InChI=1S/C15H16FN3O2/c16-11-3-5-12(6-4-11)19-9-14(18-10-19)15(20)17-8-13-2-1-7-21-13/h3-6,9-10,13H,1-2,7-8H2,(H,17,20)/t13-/m1/s1.